The summed E-state index contributed by atoms with van der Waals surface area (Å²) < 4.78 is 0. The van der Waals surface area contributed by atoms with Gasteiger partial charge < -0.3 is 15.3 Å². The molecule has 2 fully saturated rings. The molecule has 0 radical (unpaired) electrons. The summed E-state index contributed by atoms with van der Waals surface area (Å²) in [4.78, 5) is 25.4. The van der Waals surface area contributed by atoms with Gasteiger partial charge in [0.1, 0.15) is 0 Å². The van der Waals surface area contributed by atoms with E-state index in [0.717, 1.165) is 12.8 Å². The SMILES string of the molecule is C#CC(NC(=O)N1C[C@@H]2CCC[C@@]2(C(=O)O)C1)C(C)C. The number of nitrogens with one attached hydrogen (secondary N) is 1. The Hall–Kier alpha value is -1.70. The first-order valence-electron chi connectivity index (χ1n) is 7.15. The van der Waals surface area contributed by atoms with E-state index in [1.807, 2.05) is 13.8 Å². The lowest BCUT2D eigenvalue weighted by molar-refractivity contribution is -0.149. The third-order valence-electron chi connectivity index (χ3n) is 4.71. The Morgan fingerprint density at radius 2 is 2.20 bits per heavy atom. The van der Waals surface area contributed by atoms with Gasteiger partial charge in [-0.25, -0.2) is 4.79 Å². The highest BCUT2D eigenvalue weighted by atomic mass is 16.4. The van der Waals surface area contributed by atoms with Crippen molar-refractivity contribution in [1.29, 1.82) is 0 Å². The Bertz CT molecular complexity index is 455. The predicted molar refractivity (Wildman–Crippen MR) is 75.0 cm³/mol. The Morgan fingerprint density at radius 1 is 1.50 bits per heavy atom. The standard InChI is InChI=1S/C15H22N2O3/c1-4-12(10(2)3)16-14(20)17-8-11-6-5-7-15(11,9-17)13(18)19/h1,10-12H,5-9H2,2-3H3,(H,16,20)(H,18,19)/t11-,12?,15+/m0/s1. The predicted octanol–water partition coefficient (Wildman–Crippen LogP) is 1.54. The maximum absolute atomic E-state index is 12.2. The fraction of sp³-hybridized carbons (Fsp3) is 0.733. The van der Waals surface area contributed by atoms with Crippen LogP contribution in [0.15, 0.2) is 0 Å². The first kappa shape index (κ1) is 14.7. The molecule has 0 aromatic heterocycles. The number of likely N-dealkylation sites (tertiary alicyclic amines) is 1. The molecule has 2 N–H and O–H groups in total. The molecule has 2 aliphatic rings. The van der Waals surface area contributed by atoms with Gasteiger partial charge >= 0.3 is 12.0 Å². The third kappa shape index (κ3) is 2.35. The fourth-order valence-corrected chi connectivity index (χ4v) is 3.42. The molecule has 0 spiro atoms. The summed E-state index contributed by atoms with van der Waals surface area (Å²) in [7, 11) is 0. The second-order valence-electron chi connectivity index (χ2n) is 6.27. The summed E-state index contributed by atoms with van der Waals surface area (Å²) in [6.07, 6.45) is 7.90. The third-order valence-corrected chi connectivity index (χ3v) is 4.71. The highest BCUT2D eigenvalue weighted by Crippen LogP contribution is 2.48. The van der Waals surface area contributed by atoms with E-state index in [1.54, 1.807) is 4.90 Å². The first-order valence-corrected chi connectivity index (χ1v) is 7.15. The van der Waals surface area contributed by atoms with Crippen LogP contribution in [0.3, 0.4) is 0 Å². The van der Waals surface area contributed by atoms with Crippen molar-refractivity contribution in [2.45, 2.75) is 39.2 Å². The molecule has 1 saturated carbocycles. The van der Waals surface area contributed by atoms with Gasteiger partial charge in [0.15, 0.2) is 0 Å². The largest absolute Gasteiger partial charge is 0.481 e. The molecule has 5 heteroatoms. The van der Waals surface area contributed by atoms with Gasteiger partial charge in [0.25, 0.3) is 0 Å². The van der Waals surface area contributed by atoms with Crippen LogP contribution in [0, 0.1) is 29.6 Å². The maximum atomic E-state index is 12.2. The highest BCUT2D eigenvalue weighted by molar-refractivity contribution is 5.80. The Labute approximate surface area is 119 Å². The quantitative estimate of drug-likeness (QED) is 0.769. The Kier molecular flexibility index (Phi) is 3.94. The Balaban J connectivity index is 2.04. The highest BCUT2D eigenvalue weighted by Gasteiger charge is 2.55. The summed E-state index contributed by atoms with van der Waals surface area (Å²) in [6, 6.07) is -0.555. The summed E-state index contributed by atoms with van der Waals surface area (Å²) in [5, 5.41) is 12.3. The number of urea groups is 1. The second-order valence-corrected chi connectivity index (χ2v) is 6.27. The summed E-state index contributed by atoms with van der Waals surface area (Å²) >= 11 is 0. The lowest BCUT2D eigenvalue weighted by Gasteiger charge is -2.25. The average molecular weight is 278 g/mol. The zero-order valence-electron chi connectivity index (χ0n) is 12.1. The number of amides is 2. The van der Waals surface area contributed by atoms with Crippen LogP contribution < -0.4 is 5.32 Å². The molecule has 1 heterocycles. The number of carboxylic acid groups (broad SMARTS) is 1. The zero-order chi connectivity index (χ0) is 14.9. The summed E-state index contributed by atoms with van der Waals surface area (Å²) in [5.74, 6) is 2.02. The molecule has 2 amide bonds. The van der Waals surface area contributed by atoms with Crippen molar-refractivity contribution in [1.82, 2.24) is 10.2 Å². The number of carboxylic acids is 1. The van der Waals surface area contributed by atoms with Crippen molar-refractivity contribution in [2.75, 3.05) is 13.1 Å². The van der Waals surface area contributed by atoms with Crippen molar-refractivity contribution in [2.24, 2.45) is 17.3 Å². The number of hydrogen-bond donors (Lipinski definition) is 2. The number of carbonyl (C=O) groups excluding carboxylic acids is 1. The Morgan fingerprint density at radius 3 is 2.70 bits per heavy atom. The van der Waals surface area contributed by atoms with Crippen LogP contribution in [-0.4, -0.2) is 41.1 Å². The maximum Gasteiger partial charge on any atom is 0.318 e. The lowest BCUT2D eigenvalue weighted by Crippen LogP contribution is -2.46. The van der Waals surface area contributed by atoms with Crippen molar-refractivity contribution >= 4 is 12.0 Å². The summed E-state index contributed by atoms with van der Waals surface area (Å²) in [6.45, 7) is 4.71. The molecule has 0 aromatic rings. The molecule has 0 aromatic carbocycles. The molecule has 20 heavy (non-hydrogen) atoms. The van der Waals surface area contributed by atoms with E-state index >= 15 is 0 Å². The molecule has 1 aliphatic heterocycles. The molecular weight excluding hydrogens is 256 g/mol. The van der Waals surface area contributed by atoms with E-state index in [2.05, 4.69) is 11.2 Å². The number of hydrogen-bond acceptors (Lipinski definition) is 2. The minimum Gasteiger partial charge on any atom is -0.481 e. The summed E-state index contributed by atoms with van der Waals surface area (Å²) in [5.41, 5.74) is -0.735. The number of rotatable bonds is 3. The van der Waals surface area contributed by atoms with E-state index in [-0.39, 0.29) is 23.9 Å². The molecule has 5 nitrogen and oxygen atoms in total. The van der Waals surface area contributed by atoms with Gasteiger partial charge in [-0.05, 0) is 24.7 Å². The van der Waals surface area contributed by atoms with Crippen LogP contribution in [0.1, 0.15) is 33.1 Å². The molecule has 1 unspecified atom stereocenters. The van der Waals surface area contributed by atoms with Gasteiger partial charge in [0, 0.05) is 13.1 Å². The van der Waals surface area contributed by atoms with Gasteiger partial charge in [-0.2, -0.15) is 0 Å². The van der Waals surface area contributed by atoms with Gasteiger partial charge in [-0.1, -0.05) is 26.2 Å². The van der Waals surface area contributed by atoms with Crippen molar-refractivity contribution in [3.63, 3.8) is 0 Å². The van der Waals surface area contributed by atoms with E-state index in [9.17, 15) is 14.7 Å². The number of carbonyl (C=O) groups is 2. The number of terminal acetylenes is 1. The zero-order valence-corrected chi connectivity index (χ0v) is 12.1. The van der Waals surface area contributed by atoms with Crippen LogP contribution >= 0.6 is 0 Å². The topological polar surface area (TPSA) is 69.6 Å². The van der Waals surface area contributed by atoms with E-state index in [0.29, 0.717) is 19.5 Å². The monoisotopic (exact) mass is 278 g/mol. The van der Waals surface area contributed by atoms with Gasteiger partial charge in [0.05, 0.1) is 11.5 Å². The average Bonchev–Trinajstić information content (AvgIpc) is 2.92. The van der Waals surface area contributed by atoms with Crippen LogP contribution in [-0.2, 0) is 4.79 Å². The molecular formula is C15H22N2O3. The van der Waals surface area contributed by atoms with E-state index in [1.165, 1.54) is 0 Å². The van der Waals surface area contributed by atoms with Crippen LogP contribution in [0.25, 0.3) is 0 Å². The van der Waals surface area contributed by atoms with Gasteiger partial charge in [0.2, 0.25) is 0 Å². The molecule has 3 atom stereocenters. The molecule has 2 rings (SSSR count). The second kappa shape index (κ2) is 5.35. The van der Waals surface area contributed by atoms with Crippen LogP contribution in [0.4, 0.5) is 4.79 Å². The van der Waals surface area contributed by atoms with Gasteiger partial charge in [-0.3, -0.25) is 4.79 Å². The molecule has 110 valence electrons. The first-order chi connectivity index (χ1) is 9.40. The van der Waals surface area contributed by atoms with Crippen molar-refractivity contribution < 1.29 is 14.7 Å². The molecule has 1 saturated heterocycles. The van der Waals surface area contributed by atoms with E-state index < -0.39 is 11.4 Å². The van der Waals surface area contributed by atoms with Crippen LogP contribution in [0.5, 0.6) is 0 Å². The van der Waals surface area contributed by atoms with Crippen molar-refractivity contribution in [3.05, 3.63) is 0 Å². The number of fused-ring (bicyclic) bond motifs is 1. The molecule has 0 bridgehead atoms. The fourth-order valence-electron chi connectivity index (χ4n) is 3.42. The van der Waals surface area contributed by atoms with Crippen LogP contribution in [0.2, 0.25) is 0 Å². The minimum atomic E-state index is -0.771. The number of nitrogens with zero attached hydrogens (tertiary/aromatic N) is 1. The smallest absolute Gasteiger partial charge is 0.318 e. The van der Waals surface area contributed by atoms with E-state index in [4.69, 9.17) is 6.42 Å². The van der Waals surface area contributed by atoms with Gasteiger partial charge in [-0.15, -0.1) is 6.42 Å². The number of aliphatic carboxylic acids is 1. The minimum absolute atomic E-state index is 0.0779. The normalized spacial score (nSPS) is 29.9. The lowest BCUT2D eigenvalue weighted by atomic mass is 9.81. The molecule has 1 aliphatic carbocycles. The van der Waals surface area contributed by atoms with Crippen molar-refractivity contribution in [3.8, 4) is 12.3 Å².